The average Bonchev–Trinajstić information content (AvgIpc) is 2.97. The molecule has 0 aliphatic carbocycles. The van der Waals surface area contributed by atoms with Gasteiger partial charge in [0.2, 0.25) is 0 Å². The van der Waals surface area contributed by atoms with E-state index in [1.165, 1.54) is 24.9 Å². The van der Waals surface area contributed by atoms with Gasteiger partial charge in [0, 0.05) is 12.3 Å². The summed E-state index contributed by atoms with van der Waals surface area (Å²) >= 11 is 0. The first-order chi connectivity index (χ1) is 9.85. The van der Waals surface area contributed by atoms with Crippen LogP contribution in [0.25, 0.3) is 5.69 Å². The Morgan fingerprint density at radius 2 is 2.40 bits per heavy atom. The second-order valence-electron chi connectivity index (χ2n) is 5.41. The molecule has 1 aromatic carbocycles. The molecule has 20 heavy (non-hydrogen) atoms. The van der Waals surface area contributed by atoms with Crippen molar-refractivity contribution in [2.75, 3.05) is 20.2 Å². The van der Waals surface area contributed by atoms with Crippen molar-refractivity contribution in [1.29, 1.82) is 0 Å². The first kappa shape index (κ1) is 13.2. The quantitative estimate of drug-likeness (QED) is 0.928. The number of hydrogen-bond donors (Lipinski definition) is 1. The summed E-state index contributed by atoms with van der Waals surface area (Å²) in [6.45, 7) is 2.30. The summed E-state index contributed by atoms with van der Waals surface area (Å²) < 4.78 is 7.18. The molecule has 106 valence electrons. The molecule has 0 amide bonds. The topological polar surface area (TPSA) is 39.1 Å². The Morgan fingerprint density at radius 3 is 3.20 bits per heavy atom. The number of rotatable bonds is 4. The van der Waals surface area contributed by atoms with Crippen LogP contribution in [0, 0.1) is 5.92 Å². The van der Waals surface area contributed by atoms with Crippen LogP contribution in [0.5, 0.6) is 5.75 Å². The zero-order valence-electron chi connectivity index (χ0n) is 11.9. The van der Waals surface area contributed by atoms with E-state index < -0.39 is 0 Å². The normalized spacial score (nSPS) is 18.9. The van der Waals surface area contributed by atoms with E-state index in [0.29, 0.717) is 0 Å². The lowest BCUT2D eigenvalue weighted by Gasteiger charge is -2.21. The number of ether oxygens (including phenoxy) is 1. The fourth-order valence-corrected chi connectivity index (χ4v) is 2.79. The summed E-state index contributed by atoms with van der Waals surface area (Å²) in [6, 6.07) is 7.97. The lowest BCUT2D eigenvalue weighted by atomic mass is 9.94. The van der Waals surface area contributed by atoms with Crippen molar-refractivity contribution in [3.8, 4) is 11.4 Å². The zero-order valence-corrected chi connectivity index (χ0v) is 11.9. The molecule has 1 N–H and O–H groups in total. The van der Waals surface area contributed by atoms with E-state index in [9.17, 15) is 0 Å². The maximum Gasteiger partial charge on any atom is 0.121 e. The molecule has 1 aromatic heterocycles. The smallest absolute Gasteiger partial charge is 0.121 e. The Bertz CT molecular complexity index is 558. The molecule has 1 unspecified atom stereocenters. The molecule has 4 heteroatoms. The van der Waals surface area contributed by atoms with E-state index in [-0.39, 0.29) is 0 Å². The average molecular weight is 271 g/mol. The van der Waals surface area contributed by atoms with Gasteiger partial charge in [0.15, 0.2) is 0 Å². The molecule has 3 rings (SSSR count). The fourth-order valence-electron chi connectivity index (χ4n) is 2.79. The predicted octanol–water partition coefficient (Wildman–Crippen LogP) is 2.42. The van der Waals surface area contributed by atoms with Gasteiger partial charge in [-0.25, -0.2) is 4.68 Å². The van der Waals surface area contributed by atoms with Crippen molar-refractivity contribution in [1.82, 2.24) is 15.1 Å². The van der Waals surface area contributed by atoms with Crippen LogP contribution in [-0.2, 0) is 6.42 Å². The van der Waals surface area contributed by atoms with E-state index >= 15 is 0 Å². The van der Waals surface area contributed by atoms with Gasteiger partial charge in [-0.2, -0.15) is 5.10 Å². The lowest BCUT2D eigenvalue weighted by Crippen LogP contribution is -2.30. The predicted molar refractivity (Wildman–Crippen MR) is 79.4 cm³/mol. The number of aromatic nitrogens is 2. The van der Waals surface area contributed by atoms with Crippen molar-refractivity contribution < 1.29 is 4.74 Å². The highest BCUT2D eigenvalue weighted by molar-refractivity contribution is 5.38. The van der Waals surface area contributed by atoms with Gasteiger partial charge in [0.05, 0.1) is 19.0 Å². The summed E-state index contributed by atoms with van der Waals surface area (Å²) in [4.78, 5) is 0. The van der Waals surface area contributed by atoms with Crippen LogP contribution in [0.3, 0.4) is 0 Å². The van der Waals surface area contributed by atoms with E-state index in [0.717, 1.165) is 30.3 Å². The molecule has 1 atom stereocenters. The largest absolute Gasteiger partial charge is 0.497 e. The van der Waals surface area contributed by atoms with Crippen molar-refractivity contribution in [3.05, 3.63) is 42.2 Å². The van der Waals surface area contributed by atoms with Gasteiger partial charge in [-0.1, -0.05) is 6.07 Å². The van der Waals surface area contributed by atoms with Gasteiger partial charge in [-0.15, -0.1) is 0 Å². The molecule has 4 nitrogen and oxygen atoms in total. The van der Waals surface area contributed by atoms with E-state index in [1.54, 1.807) is 7.11 Å². The standard InChI is InChI=1S/C16H21N3O/c1-20-16-6-2-5-15(9-16)19-12-14(11-18-19)8-13-4-3-7-17-10-13/h2,5-6,9,11-13,17H,3-4,7-8,10H2,1H3. The van der Waals surface area contributed by atoms with Crippen LogP contribution >= 0.6 is 0 Å². The van der Waals surface area contributed by atoms with Crippen molar-refractivity contribution in [2.24, 2.45) is 5.92 Å². The van der Waals surface area contributed by atoms with Gasteiger partial charge in [-0.3, -0.25) is 0 Å². The van der Waals surface area contributed by atoms with Crippen LogP contribution < -0.4 is 10.1 Å². The van der Waals surface area contributed by atoms with Crippen LogP contribution in [-0.4, -0.2) is 30.0 Å². The van der Waals surface area contributed by atoms with E-state index in [4.69, 9.17) is 4.74 Å². The maximum atomic E-state index is 5.26. The van der Waals surface area contributed by atoms with Gasteiger partial charge in [0.1, 0.15) is 5.75 Å². The molecule has 1 fully saturated rings. The van der Waals surface area contributed by atoms with Gasteiger partial charge < -0.3 is 10.1 Å². The van der Waals surface area contributed by atoms with Crippen LogP contribution in [0.4, 0.5) is 0 Å². The third-order valence-electron chi connectivity index (χ3n) is 3.88. The molecule has 0 bridgehead atoms. The van der Waals surface area contributed by atoms with Crippen molar-refractivity contribution >= 4 is 0 Å². The summed E-state index contributed by atoms with van der Waals surface area (Å²) in [5.74, 6) is 1.60. The Morgan fingerprint density at radius 1 is 1.45 bits per heavy atom. The number of nitrogens with one attached hydrogen (secondary N) is 1. The highest BCUT2D eigenvalue weighted by Gasteiger charge is 2.14. The molecule has 0 saturated carbocycles. The minimum absolute atomic E-state index is 0.742. The monoisotopic (exact) mass is 271 g/mol. The maximum absolute atomic E-state index is 5.26. The summed E-state index contributed by atoms with van der Waals surface area (Å²) in [5, 5.41) is 7.93. The number of piperidine rings is 1. The highest BCUT2D eigenvalue weighted by Crippen LogP contribution is 2.19. The lowest BCUT2D eigenvalue weighted by molar-refractivity contribution is 0.376. The molecule has 0 radical (unpaired) electrons. The number of nitrogens with zero attached hydrogens (tertiary/aromatic N) is 2. The van der Waals surface area contributed by atoms with Gasteiger partial charge >= 0.3 is 0 Å². The molecule has 2 aromatic rings. The SMILES string of the molecule is COc1cccc(-n2cc(CC3CCCNC3)cn2)c1. The molecular formula is C16H21N3O. The first-order valence-corrected chi connectivity index (χ1v) is 7.24. The second-order valence-corrected chi connectivity index (χ2v) is 5.41. The molecule has 1 aliphatic rings. The molecule has 1 aliphatic heterocycles. The number of benzene rings is 1. The molecule has 1 saturated heterocycles. The summed E-state index contributed by atoms with van der Waals surface area (Å²) in [6.07, 6.45) is 7.82. The molecule has 0 spiro atoms. The van der Waals surface area contributed by atoms with Crippen molar-refractivity contribution in [3.63, 3.8) is 0 Å². The van der Waals surface area contributed by atoms with E-state index in [2.05, 4.69) is 16.6 Å². The Kier molecular flexibility index (Phi) is 4.02. The van der Waals surface area contributed by atoms with Crippen LogP contribution in [0.15, 0.2) is 36.7 Å². The minimum Gasteiger partial charge on any atom is -0.497 e. The molecular weight excluding hydrogens is 250 g/mol. The van der Waals surface area contributed by atoms with Crippen molar-refractivity contribution in [2.45, 2.75) is 19.3 Å². The van der Waals surface area contributed by atoms with Gasteiger partial charge in [0.25, 0.3) is 0 Å². The summed E-state index contributed by atoms with van der Waals surface area (Å²) in [5.41, 5.74) is 2.35. The van der Waals surface area contributed by atoms with Crippen LogP contribution in [0.2, 0.25) is 0 Å². The zero-order chi connectivity index (χ0) is 13.8. The highest BCUT2D eigenvalue weighted by atomic mass is 16.5. The molecule has 2 heterocycles. The third kappa shape index (κ3) is 3.02. The fraction of sp³-hybridized carbons (Fsp3) is 0.438. The first-order valence-electron chi connectivity index (χ1n) is 7.24. The Balaban J connectivity index is 1.72. The third-order valence-corrected chi connectivity index (χ3v) is 3.88. The second kappa shape index (κ2) is 6.09. The number of hydrogen-bond acceptors (Lipinski definition) is 3. The van der Waals surface area contributed by atoms with E-state index in [1.807, 2.05) is 35.1 Å². The Hall–Kier alpha value is -1.81. The minimum atomic E-state index is 0.742. The number of methoxy groups -OCH3 is 1. The summed E-state index contributed by atoms with van der Waals surface area (Å²) in [7, 11) is 1.68. The van der Waals surface area contributed by atoms with Crippen LogP contribution in [0.1, 0.15) is 18.4 Å². The van der Waals surface area contributed by atoms with Gasteiger partial charge in [-0.05, 0) is 56.0 Å². The Labute approximate surface area is 119 Å².